The fourth-order valence-electron chi connectivity index (χ4n) is 4.04. The van der Waals surface area contributed by atoms with Crippen LogP contribution in [0.15, 0.2) is 23.1 Å². The summed E-state index contributed by atoms with van der Waals surface area (Å²) in [6.07, 6.45) is 7.98. The first kappa shape index (κ1) is 18.8. The Hall–Kier alpha value is -3.23. The fourth-order valence-corrected chi connectivity index (χ4v) is 4.04. The maximum absolute atomic E-state index is 13.4. The van der Waals surface area contributed by atoms with Gasteiger partial charge in [0.05, 0.1) is 23.3 Å². The first-order valence-corrected chi connectivity index (χ1v) is 10.3. The average Bonchev–Trinajstić information content (AvgIpc) is 3.36. The third-order valence-corrected chi connectivity index (χ3v) is 6.10. The van der Waals surface area contributed by atoms with E-state index in [1.807, 2.05) is 4.90 Å². The summed E-state index contributed by atoms with van der Waals surface area (Å²) in [5.74, 6) is 2.10. The second-order valence-electron chi connectivity index (χ2n) is 8.49. The van der Waals surface area contributed by atoms with Gasteiger partial charge in [0.2, 0.25) is 5.71 Å². The van der Waals surface area contributed by atoms with Gasteiger partial charge in [0.25, 0.3) is 5.91 Å². The van der Waals surface area contributed by atoms with Crippen LogP contribution in [-0.4, -0.2) is 54.5 Å². The Labute approximate surface area is 173 Å². The minimum absolute atomic E-state index is 0.0231. The second kappa shape index (κ2) is 6.93. The Morgan fingerprint density at radius 3 is 2.57 bits per heavy atom. The van der Waals surface area contributed by atoms with Crippen LogP contribution in [0, 0.1) is 6.92 Å². The predicted molar refractivity (Wildman–Crippen MR) is 109 cm³/mol. The SMILES string of the molecule is Cc1oc2ncnc(NC3(C)CC3)c2c1C(=O)N1CCC(c2ncc(O)cn2)CC1. The highest BCUT2D eigenvalue weighted by atomic mass is 16.3. The molecule has 30 heavy (non-hydrogen) atoms. The molecule has 9 heteroatoms. The topological polar surface area (TPSA) is 117 Å². The molecular formula is C21H24N6O3. The number of nitrogens with one attached hydrogen (secondary N) is 1. The van der Waals surface area contributed by atoms with E-state index < -0.39 is 0 Å². The van der Waals surface area contributed by atoms with Gasteiger partial charge in [-0.15, -0.1) is 0 Å². The highest BCUT2D eigenvalue weighted by Gasteiger charge is 2.39. The van der Waals surface area contributed by atoms with Crippen molar-refractivity contribution >= 4 is 22.8 Å². The number of fused-ring (bicyclic) bond motifs is 1. The number of aromatic nitrogens is 4. The molecule has 0 unspecified atom stereocenters. The predicted octanol–water partition coefficient (Wildman–Crippen LogP) is 3.01. The first-order valence-electron chi connectivity index (χ1n) is 10.3. The van der Waals surface area contributed by atoms with Crippen LogP contribution in [0.25, 0.3) is 11.1 Å². The lowest BCUT2D eigenvalue weighted by molar-refractivity contribution is 0.0711. The van der Waals surface area contributed by atoms with E-state index in [9.17, 15) is 9.90 Å². The van der Waals surface area contributed by atoms with Crippen LogP contribution in [-0.2, 0) is 0 Å². The molecule has 1 amide bonds. The minimum Gasteiger partial charge on any atom is -0.505 e. The highest BCUT2D eigenvalue weighted by molar-refractivity contribution is 6.10. The van der Waals surface area contributed by atoms with Gasteiger partial charge in [-0.25, -0.2) is 19.9 Å². The standard InChI is InChI=1S/C21H24N6O3/c1-12-15(16-18(26-21(2)5-6-21)24-11-25-19(16)30-12)20(29)27-7-3-13(4-8-27)17-22-9-14(28)10-23-17/h9-11,13,28H,3-8H2,1-2H3,(H,24,25,26). The van der Waals surface area contributed by atoms with E-state index in [-0.39, 0.29) is 23.1 Å². The lowest BCUT2D eigenvalue weighted by atomic mass is 9.95. The number of rotatable bonds is 4. The summed E-state index contributed by atoms with van der Waals surface area (Å²) in [4.78, 5) is 32.4. The van der Waals surface area contributed by atoms with E-state index in [0.29, 0.717) is 47.2 Å². The van der Waals surface area contributed by atoms with Gasteiger partial charge in [-0.2, -0.15) is 0 Å². The van der Waals surface area contributed by atoms with Crippen molar-refractivity contribution in [1.29, 1.82) is 0 Å². The second-order valence-corrected chi connectivity index (χ2v) is 8.49. The fraction of sp³-hybridized carbons (Fsp3) is 0.476. The zero-order valence-corrected chi connectivity index (χ0v) is 17.1. The van der Waals surface area contributed by atoms with Gasteiger partial charge < -0.3 is 19.7 Å². The number of furan rings is 1. The number of aryl methyl sites for hydroxylation is 1. The molecule has 2 fully saturated rings. The molecule has 0 spiro atoms. The van der Waals surface area contributed by atoms with E-state index in [1.54, 1.807) is 6.92 Å². The Balaban J connectivity index is 1.39. The Bertz CT molecular complexity index is 1100. The van der Waals surface area contributed by atoms with Crippen LogP contribution < -0.4 is 5.32 Å². The number of amides is 1. The Morgan fingerprint density at radius 2 is 1.90 bits per heavy atom. The van der Waals surface area contributed by atoms with E-state index in [0.717, 1.165) is 25.7 Å². The summed E-state index contributed by atoms with van der Waals surface area (Å²) in [6.45, 7) is 5.15. The van der Waals surface area contributed by atoms with Crippen molar-refractivity contribution in [2.45, 2.75) is 51.0 Å². The first-order chi connectivity index (χ1) is 14.4. The van der Waals surface area contributed by atoms with Gasteiger partial charge >= 0.3 is 0 Å². The van der Waals surface area contributed by atoms with Crippen molar-refractivity contribution in [2.24, 2.45) is 0 Å². The summed E-state index contributed by atoms with van der Waals surface area (Å²) < 4.78 is 5.81. The number of hydrogen-bond donors (Lipinski definition) is 2. The van der Waals surface area contributed by atoms with E-state index >= 15 is 0 Å². The molecule has 9 nitrogen and oxygen atoms in total. The summed E-state index contributed by atoms with van der Waals surface area (Å²) in [6, 6.07) is 0. The zero-order valence-electron chi connectivity index (χ0n) is 17.1. The Kier molecular flexibility index (Phi) is 4.34. The van der Waals surface area contributed by atoms with Crippen molar-refractivity contribution in [3.63, 3.8) is 0 Å². The average molecular weight is 408 g/mol. The number of aromatic hydroxyl groups is 1. The van der Waals surface area contributed by atoms with Gasteiger partial charge in [0.1, 0.15) is 23.7 Å². The molecule has 3 aromatic heterocycles. The molecular weight excluding hydrogens is 384 g/mol. The molecule has 0 bridgehead atoms. The molecule has 1 aliphatic heterocycles. The third kappa shape index (κ3) is 3.34. The number of nitrogens with zero attached hydrogens (tertiary/aromatic N) is 5. The molecule has 0 aromatic carbocycles. The molecule has 2 aliphatic rings. The molecule has 1 saturated carbocycles. The van der Waals surface area contributed by atoms with Crippen LogP contribution in [0.5, 0.6) is 5.75 Å². The van der Waals surface area contributed by atoms with Crippen LogP contribution >= 0.6 is 0 Å². The maximum atomic E-state index is 13.4. The number of anilines is 1. The van der Waals surface area contributed by atoms with Crippen molar-refractivity contribution in [1.82, 2.24) is 24.8 Å². The lowest BCUT2D eigenvalue weighted by Gasteiger charge is -2.31. The number of carbonyl (C=O) groups is 1. The smallest absolute Gasteiger partial charge is 0.258 e. The van der Waals surface area contributed by atoms with E-state index in [1.165, 1.54) is 18.7 Å². The van der Waals surface area contributed by atoms with Crippen molar-refractivity contribution in [3.8, 4) is 5.75 Å². The Morgan fingerprint density at radius 1 is 1.20 bits per heavy atom. The van der Waals surface area contributed by atoms with Crippen LogP contribution in [0.3, 0.4) is 0 Å². The lowest BCUT2D eigenvalue weighted by Crippen LogP contribution is -2.38. The summed E-state index contributed by atoms with van der Waals surface area (Å²) in [5.41, 5.74) is 0.997. The number of likely N-dealkylation sites (tertiary alicyclic amines) is 1. The molecule has 3 aromatic rings. The molecule has 1 aliphatic carbocycles. The van der Waals surface area contributed by atoms with Crippen molar-refractivity contribution in [3.05, 3.63) is 35.9 Å². The molecule has 1 saturated heterocycles. The quantitative estimate of drug-likeness (QED) is 0.676. The zero-order chi connectivity index (χ0) is 20.9. The van der Waals surface area contributed by atoms with Gasteiger partial charge in [0, 0.05) is 24.5 Å². The van der Waals surface area contributed by atoms with Crippen LogP contribution in [0.1, 0.15) is 60.5 Å². The number of hydrogen-bond acceptors (Lipinski definition) is 8. The van der Waals surface area contributed by atoms with Gasteiger partial charge in [-0.05, 0) is 39.5 Å². The van der Waals surface area contributed by atoms with Crippen LogP contribution in [0.4, 0.5) is 5.82 Å². The molecule has 4 heterocycles. The van der Waals surface area contributed by atoms with Crippen molar-refractivity contribution in [2.75, 3.05) is 18.4 Å². The molecule has 156 valence electrons. The minimum atomic E-state index is -0.0601. The normalized spacial score (nSPS) is 18.5. The monoisotopic (exact) mass is 408 g/mol. The summed E-state index contributed by atoms with van der Waals surface area (Å²) >= 11 is 0. The third-order valence-electron chi connectivity index (χ3n) is 6.10. The summed E-state index contributed by atoms with van der Waals surface area (Å²) in [5, 5.41) is 13.5. The van der Waals surface area contributed by atoms with Gasteiger partial charge in [0.15, 0.2) is 5.75 Å². The largest absolute Gasteiger partial charge is 0.505 e. The number of piperidine rings is 1. The summed E-state index contributed by atoms with van der Waals surface area (Å²) in [7, 11) is 0. The molecule has 5 rings (SSSR count). The molecule has 2 N–H and O–H groups in total. The van der Waals surface area contributed by atoms with Crippen molar-refractivity contribution < 1.29 is 14.3 Å². The van der Waals surface area contributed by atoms with E-state index in [2.05, 4.69) is 32.2 Å². The maximum Gasteiger partial charge on any atom is 0.258 e. The highest BCUT2D eigenvalue weighted by Crippen LogP contribution is 2.40. The number of carbonyl (C=O) groups excluding carboxylic acids is 1. The molecule has 0 radical (unpaired) electrons. The molecule has 0 atom stereocenters. The van der Waals surface area contributed by atoms with Crippen LogP contribution in [0.2, 0.25) is 0 Å². The van der Waals surface area contributed by atoms with E-state index in [4.69, 9.17) is 4.42 Å². The van der Waals surface area contributed by atoms with Gasteiger partial charge in [-0.1, -0.05) is 0 Å². The van der Waals surface area contributed by atoms with Gasteiger partial charge in [-0.3, -0.25) is 4.79 Å².